The monoisotopic (exact) mass is 584 g/mol. The zero-order chi connectivity index (χ0) is 30.8. The van der Waals surface area contributed by atoms with Gasteiger partial charge in [0.2, 0.25) is 23.6 Å². The molecule has 4 amide bonds. The Bertz CT molecular complexity index is 1440. The molecule has 0 spiro atoms. The molecular formula is C26H32N8O8. The van der Waals surface area contributed by atoms with Crippen molar-refractivity contribution in [3.63, 3.8) is 0 Å². The van der Waals surface area contributed by atoms with Crippen LogP contribution in [0.15, 0.2) is 43.0 Å². The number of primary amides is 1. The fraction of sp³-hybridized carbons (Fsp3) is 0.346. The first kappa shape index (κ1) is 31.3. The normalized spacial score (nSPS) is 13.8. The third kappa shape index (κ3) is 8.88. The summed E-state index contributed by atoms with van der Waals surface area (Å²) in [5.41, 5.74) is 13.3. The van der Waals surface area contributed by atoms with E-state index in [4.69, 9.17) is 11.5 Å². The SMILES string of the molecule is NC(=O)CCC(NC(=O)C(N)Cc1c[nH]c2ccccc12)C(=O)NC(CC(=O)O)C(=O)NC(Cc1cnc[nH]1)C(=O)O. The van der Waals surface area contributed by atoms with Gasteiger partial charge in [0, 0.05) is 41.8 Å². The highest BCUT2D eigenvalue weighted by Crippen LogP contribution is 2.19. The van der Waals surface area contributed by atoms with Crippen molar-refractivity contribution in [2.24, 2.45) is 11.5 Å². The molecular weight excluding hydrogens is 552 g/mol. The van der Waals surface area contributed by atoms with E-state index >= 15 is 0 Å². The smallest absolute Gasteiger partial charge is 0.326 e. The van der Waals surface area contributed by atoms with Crippen LogP contribution in [0.3, 0.4) is 0 Å². The van der Waals surface area contributed by atoms with Gasteiger partial charge in [0.25, 0.3) is 0 Å². The van der Waals surface area contributed by atoms with E-state index in [0.717, 1.165) is 16.5 Å². The van der Waals surface area contributed by atoms with Gasteiger partial charge in [0.05, 0.1) is 18.8 Å². The first-order valence-corrected chi connectivity index (χ1v) is 12.9. The Kier molecular flexibility index (Phi) is 10.7. The highest BCUT2D eigenvalue weighted by atomic mass is 16.4. The van der Waals surface area contributed by atoms with Gasteiger partial charge in [-0.2, -0.15) is 0 Å². The number of aliphatic carboxylic acids is 2. The Morgan fingerprint density at radius 3 is 2.19 bits per heavy atom. The zero-order valence-electron chi connectivity index (χ0n) is 22.3. The van der Waals surface area contributed by atoms with E-state index in [1.807, 2.05) is 24.3 Å². The van der Waals surface area contributed by atoms with Crippen LogP contribution in [0.5, 0.6) is 0 Å². The number of nitrogens with two attached hydrogens (primary N) is 2. The largest absolute Gasteiger partial charge is 0.481 e. The van der Waals surface area contributed by atoms with Crippen molar-refractivity contribution < 1.29 is 39.0 Å². The van der Waals surface area contributed by atoms with Crippen LogP contribution in [0.2, 0.25) is 0 Å². The molecule has 0 aliphatic rings. The minimum absolute atomic E-state index is 0.108. The number of nitrogens with one attached hydrogen (secondary N) is 5. The van der Waals surface area contributed by atoms with Crippen LogP contribution in [0.4, 0.5) is 0 Å². The van der Waals surface area contributed by atoms with Gasteiger partial charge < -0.3 is 47.6 Å². The minimum atomic E-state index is -1.72. The summed E-state index contributed by atoms with van der Waals surface area (Å²) in [7, 11) is 0. The van der Waals surface area contributed by atoms with E-state index in [0.29, 0.717) is 5.69 Å². The Balaban J connectivity index is 1.71. The van der Waals surface area contributed by atoms with E-state index in [1.165, 1.54) is 12.5 Å². The Labute approximate surface area is 238 Å². The maximum Gasteiger partial charge on any atom is 0.326 e. The van der Waals surface area contributed by atoms with E-state index in [-0.39, 0.29) is 25.7 Å². The van der Waals surface area contributed by atoms with Crippen molar-refractivity contribution in [2.45, 2.75) is 56.3 Å². The maximum absolute atomic E-state index is 13.2. The standard InChI is InChI=1S/C26H32N8O8/c27-16(7-13-10-30-17-4-2-1-3-15(13)17)23(38)32-18(5-6-21(28)35)24(39)33-19(9-22(36)37)25(40)34-20(26(41)42)8-14-11-29-12-31-14/h1-4,10-12,16,18-20,30H,5-9,27H2,(H2,28,35)(H,29,31)(H,32,38)(H,33,39)(H,34,40)(H,36,37)(H,41,42). The van der Waals surface area contributed by atoms with Crippen molar-refractivity contribution in [2.75, 3.05) is 0 Å². The quantitative estimate of drug-likeness (QED) is 0.0918. The van der Waals surface area contributed by atoms with Gasteiger partial charge in [0.1, 0.15) is 18.1 Å². The lowest BCUT2D eigenvalue weighted by molar-refractivity contribution is -0.143. The molecule has 3 rings (SSSR count). The van der Waals surface area contributed by atoms with Gasteiger partial charge in [-0.25, -0.2) is 9.78 Å². The van der Waals surface area contributed by atoms with Crippen LogP contribution in [-0.4, -0.2) is 84.9 Å². The van der Waals surface area contributed by atoms with Gasteiger partial charge in [-0.3, -0.25) is 24.0 Å². The van der Waals surface area contributed by atoms with Crippen molar-refractivity contribution in [3.8, 4) is 0 Å². The average molecular weight is 585 g/mol. The Hall–Kier alpha value is -5.25. The molecule has 2 aromatic heterocycles. The summed E-state index contributed by atoms with van der Waals surface area (Å²) in [6.45, 7) is 0. The number of aromatic nitrogens is 3. The van der Waals surface area contributed by atoms with Crippen molar-refractivity contribution in [1.29, 1.82) is 0 Å². The number of rotatable bonds is 16. The van der Waals surface area contributed by atoms with E-state index < -0.39 is 66.2 Å². The van der Waals surface area contributed by atoms with Crippen LogP contribution in [-0.2, 0) is 41.6 Å². The van der Waals surface area contributed by atoms with Crippen LogP contribution >= 0.6 is 0 Å². The van der Waals surface area contributed by atoms with E-state index in [9.17, 15) is 39.0 Å². The number of hydrogen-bond donors (Lipinski definition) is 9. The number of nitrogens with zero attached hydrogens (tertiary/aromatic N) is 1. The molecule has 0 aliphatic carbocycles. The molecule has 16 nitrogen and oxygen atoms in total. The molecule has 0 bridgehead atoms. The number of amides is 4. The molecule has 1 aromatic carbocycles. The number of hydrogen-bond acceptors (Lipinski definition) is 8. The van der Waals surface area contributed by atoms with Crippen LogP contribution in [0.1, 0.15) is 30.5 Å². The van der Waals surface area contributed by atoms with Crippen molar-refractivity contribution >= 4 is 46.5 Å². The lowest BCUT2D eigenvalue weighted by Gasteiger charge is -2.24. The zero-order valence-corrected chi connectivity index (χ0v) is 22.3. The molecule has 0 saturated carbocycles. The van der Waals surface area contributed by atoms with Crippen molar-refractivity contribution in [1.82, 2.24) is 30.9 Å². The lowest BCUT2D eigenvalue weighted by Crippen LogP contribution is -2.58. The number of carboxylic acids is 2. The lowest BCUT2D eigenvalue weighted by atomic mass is 10.0. The molecule has 0 fully saturated rings. The third-order valence-electron chi connectivity index (χ3n) is 6.37. The average Bonchev–Trinajstić information content (AvgIpc) is 3.59. The molecule has 2 heterocycles. The maximum atomic E-state index is 13.2. The van der Waals surface area contributed by atoms with E-state index in [2.05, 4.69) is 30.9 Å². The molecule has 4 atom stereocenters. The molecule has 3 aromatic rings. The van der Waals surface area contributed by atoms with Gasteiger partial charge in [-0.05, 0) is 24.5 Å². The van der Waals surface area contributed by atoms with Gasteiger partial charge in [0.15, 0.2) is 0 Å². The second-order valence-corrected chi connectivity index (χ2v) is 9.58. The second kappa shape index (κ2) is 14.4. The summed E-state index contributed by atoms with van der Waals surface area (Å²) in [6.07, 6.45) is 2.80. The molecule has 42 heavy (non-hydrogen) atoms. The summed E-state index contributed by atoms with van der Waals surface area (Å²) >= 11 is 0. The molecule has 11 N–H and O–H groups in total. The molecule has 16 heteroatoms. The molecule has 224 valence electrons. The third-order valence-corrected chi connectivity index (χ3v) is 6.37. The number of benzene rings is 1. The second-order valence-electron chi connectivity index (χ2n) is 9.58. The number of fused-ring (bicyclic) bond motifs is 1. The Morgan fingerprint density at radius 2 is 1.55 bits per heavy atom. The molecule has 4 unspecified atom stereocenters. The summed E-state index contributed by atoms with van der Waals surface area (Å²) < 4.78 is 0. The predicted molar refractivity (Wildman–Crippen MR) is 146 cm³/mol. The highest BCUT2D eigenvalue weighted by molar-refractivity contribution is 5.96. The summed E-state index contributed by atoms with van der Waals surface area (Å²) in [5, 5.41) is 26.6. The number of carbonyl (C=O) groups excluding carboxylic acids is 4. The fourth-order valence-electron chi connectivity index (χ4n) is 4.21. The van der Waals surface area contributed by atoms with Gasteiger partial charge in [-0.1, -0.05) is 18.2 Å². The van der Waals surface area contributed by atoms with Crippen molar-refractivity contribution in [3.05, 3.63) is 54.2 Å². The summed E-state index contributed by atoms with van der Waals surface area (Å²) in [6, 6.07) is 1.67. The van der Waals surface area contributed by atoms with Crippen LogP contribution < -0.4 is 27.4 Å². The fourth-order valence-corrected chi connectivity index (χ4v) is 4.21. The number of imidazole rings is 1. The molecule has 0 saturated heterocycles. The van der Waals surface area contributed by atoms with E-state index in [1.54, 1.807) is 6.20 Å². The first-order chi connectivity index (χ1) is 19.9. The highest BCUT2D eigenvalue weighted by Gasteiger charge is 2.32. The number of carboxylic acid groups (broad SMARTS) is 2. The summed E-state index contributed by atoms with van der Waals surface area (Å²) in [5.74, 6) is -6.47. The first-order valence-electron chi connectivity index (χ1n) is 12.9. The molecule has 0 aliphatic heterocycles. The van der Waals surface area contributed by atoms with Gasteiger partial charge >= 0.3 is 11.9 Å². The number of para-hydroxylation sites is 1. The number of carbonyl (C=O) groups is 6. The minimum Gasteiger partial charge on any atom is -0.481 e. The number of aromatic amines is 2. The topological polar surface area (TPSA) is 275 Å². The van der Waals surface area contributed by atoms with Crippen LogP contribution in [0, 0.1) is 0 Å². The van der Waals surface area contributed by atoms with Gasteiger partial charge in [-0.15, -0.1) is 0 Å². The predicted octanol–water partition coefficient (Wildman–Crippen LogP) is -1.72. The van der Waals surface area contributed by atoms with Crippen LogP contribution in [0.25, 0.3) is 10.9 Å². The summed E-state index contributed by atoms with van der Waals surface area (Å²) in [4.78, 5) is 83.1. The molecule has 0 radical (unpaired) electrons. The number of H-pyrrole nitrogens is 2. The Morgan fingerprint density at radius 1 is 0.881 bits per heavy atom.